The van der Waals surface area contributed by atoms with E-state index in [1.807, 2.05) is 13.0 Å². The first-order valence-corrected chi connectivity index (χ1v) is 6.42. The van der Waals surface area contributed by atoms with Crippen molar-refractivity contribution in [2.24, 2.45) is 0 Å². The van der Waals surface area contributed by atoms with E-state index in [4.69, 9.17) is 14.2 Å². The van der Waals surface area contributed by atoms with Gasteiger partial charge in [0.25, 0.3) is 0 Å². The van der Waals surface area contributed by atoms with Gasteiger partial charge in [0.2, 0.25) is 0 Å². The van der Waals surface area contributed by atoms with Crippen molar-refractivity contribution in [3.05, 3.63) is 22.6 Å². The topological polar surface area (TPSA) is 56.4 Å². The summed E-state index contributed by atoms with van der Waals surface area (Å²) in [6, 6.07) is 3.64. The van der Waals surface area contributed by atoms with Gasteiger partial charge in [-0.25, -0.2) is 4.98 Å². The number of nitrogens with zero attached hydrogens (tertiary/aromatic N) is 1. The van der Waals surface area contributed by atoms with Crippen LogP contribution in [0.5, 0.6) is 17.2 Å². The molecular weight excluding hydrogens is 312 g/mol. The second-order valence-electron chi connectivity index (χ2n) is 3.91. The van der Waals surface area contributed by atoms with Crippen LogP contribution < -0.4 is 14.2 Å². The number of benzene rings is 1. The van der Waals surface area contributed by atoms with Crippen molar-refractivity contribution in [2.75, 3.05) is 21.3 Å². The number of imidazole rings is 1. The molecule has 6 heteroatoms. The van der Waals surface area contributed by atoms with Gasteiger partial charge >= 0.3 is 0 Å². The van der Waals surface area contributed by atoms with E-state index in [0.717, 1.165) is 17.0 Å². The van der Waals surface area contributed by atoms with E-state index in [1.54, 1.807) is 27.4 Å². The zero-order chi connectivity index (χ0) is 14.0. The van der Waals surface area contributed by atoms with Crippen molar-refractivity contribution < 1.29 is 14.2 Å². The van der Waals surface area contributed by atoms with Crippen LogP contribution in [0, 0.1) is 6.92 Å². The van der Waals surface area contributed by atoms with E-state index < -0.39 is 0 Å². The second-order valence-corrected chi connectivity index (χ2v) is 4.66. The van der Waals surface area contributed by atoms with Crippen molar-refractivity contribution in [3.8, 4) is 28.5 Å². The van der Waals surface area contributed by atoms with Gasteiger partial charge in [0.05, 0.1) is 27.0 Å². The quantitative estimate of drug-likeness (QED) is 0.937. The monoisotopic (exact) mass is 326 g/mol. The first kappa shape index (κ1) is 13.7. The number of aromatic amines is 1. The first-order valence-electron chi connectivity index (χ1n) is 5.63. The van der Waals surface area contributed by atoms with Crippen molar-refractivity contribution in [1.29, 1.82) is 0 Å². The van der Waals surface area contributed by atoms with Crippen LogP contribution in [0.1, 0.15) is 5.69 Å². The molecule has 0 saturated heterocycles. The highest BCUT2D eigenvalue weighted by molar-refractivity contribution is 9.10. The molecule has 0 radical (unpaired) electrons. The number of H-pyrrole nitrogens is 1. The number of aryl methyl sites for hydroxylation is 1. The molecule has 0 spiro atoms. The molecule has 102 valence electrons. The summed E-state index contributed by atoms with van der Waals surface area (Å²) in [7, 11) is 4.80. The molecule has 2 rings (SSSR count). The van der Waals surface area contributed by atoms with Crippen molar-refractivity contribution >= 4 is 15.9 Å². The lowest BCUT2D eigenvalue weighted by Crippen LogP contribution is -1.95. The molecule has 1 N–H and O–H groups in total. The summed E-state index contributed by atoms with van der Waals surface area (Å²) in [6.07, 6.45) is 0. The first-order chi connectivity index (χ1) is 9.10. The SMILES string of the molecule is COc1cc(OC)c(-c2nc(Br)[nH]c2C)cc1OC. The van der Waals surface area contributed by atoms with Gasteiger partial charge in [-0.05, 0) is 28.9 Å². The van der Waals surface area contributed by atoms with E-state index in [1.165, 1.54) is 0 Å². The fraction of sp³-hybridized carbons (Fsp3) is 0.308. The highest BCUT2D eigenvalue weighted by atomic mass is 79.9. The Hall–Kier alpha value is -1.69. The Morgan fingerprint density at radius 2 is 1.58 bits per heavy atom. The zero-order valence-corrected chi connectivity index (χ0v) is 12.8. The van der Waals surface area contributed by atoms with E-state index in [-0.39, 0.29) is 0 Å². The average molecular weight is 327 g/mol. The smallest absolute Gasteiger partial charge is 0.175 e. The van der Waals surface area contributed by atoms with Crippen molar-refractivity contribution in [2.45, 2.75) is 6.92 Å². The number of halogens is 1. The van der Waals surface area contributed by atoms with Crippen LogP contribution in [0.2, 0.25) is 0 Å². The summed E-state index contributed by atoms with van der Waals surface area (Å²) in [6.45, 7) is 1.95. The van der Waals surface area contributed by atoms with E-state index in [9.17, 15) is 0 Å². The van der Waals surface area contributed by atoms with Gasteiger partial charge in [-0.1, -0.05) is 0 Å². The maximum absolute atomic E-state index is 5.40. The van der Waals surface area contributed by atoms with E-state index in [2.05, 4.69) is 25.9 Å². The maximum Gasteiger partial charge on any atom is 0.175 e. The fourth-order valence-electron chi connectivity index (χ4n) is 1.90. The molecule has 0 aliphatic carbocycles. The molecule has 19 heavy (non-hydrogen) atoms. The molecule has 0 fully saturated rings. The van der Waals surface area contributed by atoms with Crippen LogP contribution in [0.4, 0.5) is 0 Å². The number of aromatic nitrogens is 2. The van der Waals surface area contributed by atoms with Gasteiger partial charge in [0, 0.05) is 17.3 Å². The van der Waals surface area contributed by atoms with Crippen molar-refractivity contribution in [3.63, 3.8) is 0 Å². The molecule has 0 bridgehead atoms. The molecular formula is C13H15BrN2O3. The Morgan fingerprint density at radius 3 is 2.05 bits per heavy atom. The van der Waals surface area contributed by atoms with Crippen LogP contribution in [0.25, 0.3) is 11.3 Å². The van der Waals surface area contributed by atoms with Gasteiger partial charge in [-0.3, -0.25) is 0 Å². The Balaban J connectivity index is 2.64. The van der Waals surface area contributed by atoms with Crippen LogP contribution in [-0.2, 0) is 0 Å². The van der Waals surface area contributed by atoms with Crippen molar-refractivity contribution in [1.82, 2.24) is 9.97 Å². The number of hydrogen-bond acceptors (Lipinski definition) is 4. The Bertz CT molecular complexity index is 596. The van der Waals surface area contributed by atoms with Gasteiger partial charge < -0.3 is 19.2 Å². The molecule has 0 amide bonds. The molecule has 0 unspecified atom stereocenters. The number of methoxy groups -OCH3 is 3. The number of ether oxygens (including phenoxy) is 3. The molecule has 1 aromatic heterocycles. The predicted molar refractivity (Wildman–Crippen MR) is 76.1 cm³/mol. The molecule has 2 aromatic rings. The highest BCUT2D eigenvalue weighted by Crippen LogP contribution is 2.40. The summed E-state index contributed by atoms with van der Waals surface area (Å²) >= 11 is 3.33. The lowest BCUT2D eigenvalue weighted by atomic mass is 10.1. The van der Waals surface area contributed by atoms with Gasteiger partial charge in [0.15, 0.2) is 16.2 Å². The third kappa shape index (κ3) is 2.53. The summed E-state index contributed by atoms with van der Waals surface area (Å²) in [5.74, 6) is 1.94. The Morgan fingerprint density at radius 1 is 1.00 bits per heavy atom. The minimum absolute atomic E-state index is 0.621. The second kappa shape index (κ2) is 5.52. The van der Waals surface area contributed by atoms with Crippen LogP contribution in [0.3, 0.4) is 0 Å². The van der Waals surface area contributed by atoms with Crippen LogP contribution in [-0.4, -0.2) is 31.3 Å². The van der Waals surface area contributed by atoms with Gasteiger partial charge in [-0.2, -0.15) is 0 Å². The summed E-state index contributed by atoms with van der Waals surface area (Å²) in [5, 5.41) is 0. The standard InChI is InChI=1S/C13H15BrN2O3/c1-7-12(16-13(14)15-7)8-5-10(18-3)11(19-4)6-9(8)17-2/h5-6H,1-4H3,(H,15,16). The van der Waals surface area contributed by atoms with E-state index >= 15 is 0 Å². The van der Waals surface area contributed by atoms with Crippen LogP contribution in [0.15, 0.2) is 16.9 Å². The average Bonchev–Trinajstić information content (AvgIpc) is 2.75. The van der Waals surface area contributed by atoms with Gasteiger partial charge in [0.1, 0.15) is 5.75 Å². The lowest BCUT2D eigenvalue weighted by Gasteiger charge is -2.13. The number of hydrogen-bond donors (Lipinski definition) is 1. The lowest BCUT2D eigenvalue weighted by molar-refractivity contribution is 0.349. The molecule has 5 nitrogen and oxygen atoms in total. The maximum atomic E-state index is 5.40. The number of rotatable bonds is 4. The largest absolute Gasteiger partial charge is 0.496 e. The molecule has 1 aromatic carbocycles. The summed E-state index contributed by atoms with van der Waals surface area (Å²) in [4.78, 5) is 7.51. The minimum Gasteiger partial charge on any atom is -0.496 e. The number of nitrogens with one attached hydrogen (secondary N) is 1. The Labute approximate surface area is 120 Å². The normalized spacial score (nSPS) is 10.4. The molecule has 0 saturated carbocycles. The van der Waals surface area contributed by atoms with Gasteiger partial charge in [-0.15, -0.1) is 0 Å². The zero-order valence-electron chi connectivity index (χ0n) is 11.2. The summed E-state index contributed by atoms with van der Waals surface area (Å²) in [5.41, 5.74) is 2.60. The minimum atomic E-state index is 0.621. The van der Waals surface area contributed by atoms with E-state index in [0.29, 0.717) is 22.0 Å². The fourth-order valence-corrected chi connectivity index (χ4v) is 2.38. The third-order valence-electron chi connectivity index (χ3n) is 2.82. The highest BCUT2D eigenvalue weighted by Gasteiger charge is 2.17. The Kier molecular flexibility index (Phi) is 3.99. The summed E-state index contributed by atoms with van der Waals surface area (Å²) < 4.78 is 16.7. The predicted octanol–water partition coefficient (Wildman–Crippen LogP) is 3.17. The molecule has 0 atom stereocenters. The third-order valence-corrected chi connectivity index (χ3v) is 3.19. The molecule has 0 aliphatic rings. The molecule has 1 heterocycles. The molecule has 0 aliphatic heterocycles. The van der Waals surface area contributed by atoms with Crippen LogP contribution >= 0.6 is 15.9 Å².